The van der Waals surface area contributed by atoms with E-state index >= 15 is 0 Å². The first kappa shape index (κ1) is 21.8. The van der Waals surface area contributed by atoms with Crippen molar-refractivity contribution in [2.45, 2.75) is 26.8 Å². The van der Waals surface area contributed by atoms with Crippen LogP contribution in [0.5, 0.6) is 5.75 Å². The zero-order valence-corrected chi connectivity index (χ0v) is 17.5. The summed E-state index contributed by atoms with van der Waals surface area (Å²) in [5.41, 5.74) is 4.07. The molecule has 0 aromatic heterocycles. The zero-order valence-electron chi connectivity index (χ0n) is 17.5. The number of nitrogens with one attached hydrogen (secondary N) is 2. The molecule has 0 bridgehead atoms. The standard InChI is InChI=1S/C25H24N2O4/c1-17-6-3-4-7-20(17)15-24(29)27-22-12-10-19(11-13-22)16-26-25(30)21-8-5-9-23(14-21)31-18(2)28/h3-14H,15-16H2,1-2H3,(H,26,30)(H,27,29). The fraction of sp³-hybridized carbons (Fsp3) is 0.160. The number of anilines is 1. The summed E-state index contributed by atoms with van der Waals surface area (Å²) >= 11 is 0. The summed E-state index contributed by atoms with van der Waals surface area (Å²) in [6.45, 7) is 3.62. The fourth-order valence-electron chi connectivity index (χ4n) is 3.04. The lowest BCUT2D eigenvalue weighted by molar-refractivity contribution is -0.131. The van der Waals surface area contributed by atoms with Crippen LogP contribution < -0.4 is 15.4 Å². The molecule has 2 N–H and O–H groups in total. The van der Waals surface area contributed by atoms with Gasteiger partial charge in [0.05, 0.1) is 6.42 Å². The monoisotopic (exact) mass is 416 g/mol. The number of rotatable bonds is 7. The number of carbonyl (C=O) groups excluding carboxylic acids is 3. The number of amides is 2. The smallest absolute Gasteiger partial charge is 0.308 e. The minimum absolute atomic E-state index is 0.0805. The molecule has 0 aliphatic heterocycles. The largest absolute Gasteiger partial charge is 0.427 e. The van der Waals surface area contributed by atoms with Gasteiger partial charge in [0.1, 0.15) is 5.75 Å². The molecule has 6 heteroatoms. The Morgan fingerprint density at radius 1 is 0.903 bits per heavy atom. The van der Waals surface area contributed by atoms with Crippen LogP contribution in [0.25, 0.3) is 0 Å². The average molecular weight is 416 g/mol. The molecule has 0 spiro atoms. The molecule has 6 nitrogen and oxygen atoms in total. The van der Waals surface area contributed by atoms with Gasteiger partial charge in [-0.05, 0) is 53.9 Å². The molecule has 158 valence electrons. The van der Waals surface area contributed by atoms with Crippen molar-refractivity contribution in [1.29, 1.82) is 0 Å². The third-order valence-corrected chi connectivity index (χ3v) is 4.66. The van der Waals surface area contributed by atoms with Crippen LogP contribution in [0.2, 0.25) is 0 Å². The van der Waals surface area contributed by atoms with Crippen molar-refractivity contribution in [3.05, 3.63) is 95.1 Å². The maximum absolute atomic E-state index is 12.4. The molecule has 0 fully saturated rings. The lowest BCUT2D eigenvalue weighted by atomic mass is 10.1. The number of carbonyl (C=O) groups is 3. The van der Waals surface area contributed by atoms with E-state index in [0.29, 0.717) is 30.0 Å². The fourth-order valence-corrected chi connectivity index (χ4v) is 3.04. The molecule has 2 amide bonds. The highest BCUT2D eigenvalue weighted by molar-refractivity contribution is 5.94. The maximum atomic E-state index is 12.4. The molecule has 0 aliphatic rings. The SMILES string of the molecule is CC(=O)Oc1cccc(C(=O)NCc2ccc(NC(=O)Cc3ccccc3C)cc2)c1. The second-order valence-electron chi connectivity index (χ2n) is 7.15. The minimum Gasteiger partial charge on any atom is -0.427 e. The number of aryl methyl sites for hydroxylation is 1. The Balaban J connectivity index is 1.52. The van der Waals surface area contributed by atoms with E-state index in [1.54, 1.807) is 30.3 Å². The van der Waals surface area contributed by atoms with Gasteiger partial charge in [0.2, 0.25) is 5.91 Å². The van der Waals surface area contributed by atoms with Crippen LogP contribution in [0.3, 0.4) is 0 Å². The van der Waals surface area contributed by atoms with Crippen LogP contribution in [-0.2, 0) is 22.6 Å². The Labute approximate surface area is 181 Å². The van der Waals surface area contributed by atoms with Crippen LogP contribution in [0.4, 0.5) is 5.69 Å². The topological polar surface area (TPSA) is 84.5 Å². The van der Waals surface area contributed by atoms with Crippen LogP contribution in [-0.4, -0.2) is 17.8 Å². The van der Waals surface area contributed by atoms with Gasteiger partial charge in [-0.15, -0.1) is 0 Å². The van der Waals surface area contributed by atoms with E-state index in [2.05, 4.69) is 10.6 Å². The molecule has 0 aliphatic carbocycles. The van der Waals surface area contributed by atoms with Crippen LogP contribution in [0.15, 0.2) is 72.8 Å². The second kappa shape index (κ2) is 10.2. The van der Waals surface area contributed by atoms with Gasteiger partial charge in [-0.3, -0.25) is 14.4 Å². The number of esters is 1. The summed E-state index contributed by atoms with van der Waals surface area (Å²) in [4.78, 5) is 35.7. The lowest BCUT2D eigenvalue weighted by Crippen LogP contribution is -2.22. The highest BCUT2D eigenvalue weighted by atomic mass is 16.5. The first-order valence-electron chi connectivity index (χ1n) is 9.90. The predicted octanol–water partition coefficient (Wildman–Crippen LogP) is 4.03. The van der Waals surface area contributed by atoms with Gasteiger partial charge >= 0.3 is 5.97 Å². The average Bonchev–Trinajstić information content (AvgIpc) is 2.74. The molecular weight excluding hydrogens is 392 g/mol. The molecule has 0 saturated heterocycles. The summed E-state index contributed by atoms with van der Waals surface area (Å²) in [7, 11) is 0. The number of hydrogen-bond acceptors (Lipinski definition) is 4. The van der Waals surface area contributed by atoms with E-state index in [0.717, 1.165) is 16.7 Å². The van der Waals surface area contributed by atoms with E-state index in [-0.39, 0.29) is 11.8 Å². The number of benzene rings is 3. The van der Waals surface area contributed by atoms with Gasteiger partial charge in [0, 0.05) is 24.7 Å². The summed E-state index contributed by atoms with van der Waals surface area (Å²) < 4.78 is 5.00. The predicted molar refractivity (Wildman–Crippen MR) is 119 cm³/mol. The van der Waals surface area contributed by atoms with Crippen LogP contribution in [0.1, 0.15) is 34.0 Å². The first-order chi connectivity index (χ1) is 14.9. The van der Waals surface area contributed by atoms with E-state index in [1.165, 1.54) is 13.0 Å². The lowest BCUT2D eigenvalue weighted by Gasteiger charge is -2.09. The summed E-state index contributed by atoms with van der Waals surface area (Å²) in [5.74, 6) is -0.470. The van der Waals surface area contributed by atoms with Crippen molar-refractivity contribution in [2.24, 2.45) is 0 Å². The molecule has 0 unspecified atom stereocenters. The third-order valence-electron chi connectivity index (χ3n) is 4.66. The van der Waals surface area contributed by atoms with Crippen molar-refractivity contribution < 1.29 is 19.1 Å². The molecule has 3 rings (SSSR count). The number of hydrogen-bond donors (Lipinski definition) is 2. The van der Waals surface area contributed by atoms with Gasteiger partial charge < -0.3 is 15.4 Å². The molecule has 3 aromatic carbocycles. The molecule has 0 radical (unpaired) electrons. The van der Waals surface area contributed by atoms with Gasteiger partial charge in [0.15, 0.2) is 0 Å². The molecule has 0 atom stereocenters. The Kier molecular flexibility index (Phi) is 7.17. The highest BCUT2D eigenvalue weighted by Crippen LogP contribution is 2.15. The van der Waals surface area contributed by atoms with Crippen molar-refractivity contribution in [3.63, 3.8) is 0 Å². The van der Waals surface area contributed by atoms with Crippen molar-refractivity contribution in [3.8, 4) is 5.75 Å². The third kappa shape index (κ3) is 6.54. The zero-order chi connectivity index (χ0) is 22.2. The molecule has 0 heterocycles. The Hall–Kier alpha value is -3.93. The van der Waals surface area contributed by atoms with Crippen LogP contribution in [0, 0.1) is 6.92 Å². The van der Waals surface area contributed by atoms with Crippen LogP contribution >= 0.6 is 0 Å². The van der Waals surface area contributed by atoms with Gasteiger partial charge in [-0.25, -0.2) is 0 Å². The molecular formula is C25H24N2O4. The Morgan fingerprint density at radius 2 is 1.65 bits per heavy atom. The second-order valence-corrected chi connectivity index (χ2v) is 7.15. The van der Waals surface area contributed by atoms with E-state index in [4.69, 9.17) is 4.74 Å². The van der Waals surface area contributed by atoms with Gasteiger partial charge in [-0.1, -0.05) is 42.5 Å². The van der Waals surface area contributed by atoms with E-state index < -0.39 is 5.97 Å². The van der Waals surface area contributed by atoms with E-state index in [1.807, 2.05) is 43.3 Å². The summed E-state index contributed by atoms with van der Waals surface area (Å²) in [5, 5.41) is 5.72. The van der Waals surface area contributed by atoms with E-state index in [9.17, 15) is 14.4 Å². The van der Waals surface area contributed by atoms with Crippen molar-refractivity contribution in [1.82, 2.24) is 5.32 Å². The molecule has 31 heavy (non-hydrogen) atoms. The first-order valence-corrected chi connectivity index (χ1v) is 9.90. The normalized spacial score (nSPS) is 10.3. The highest BCUT2D eigenvalue weighted by Gasteiger charge is 2.09. The maximum Gasteiger partial charge on any atom is 0.308 e. The number of ether oxygens (including phenoxy) is 1. The molecule has 0 saturated carbocycles. The summed E-state index contributed by atoms with van der Waals surface area (Å²) in [6, 6.07) is 21.5. The Bertz CT molecular complexity index is 1090. The molecule has 3 aromatic rings. The Morgan fingerprint density at radius 3 is 2.35 bits per heavy atom. The minimum atomic E-state index is -0.441. The quantitative estimate of drug-likeness (QED) is 0.450. The summed E-state index contributed by atoms with van der Waals surface area (Å²) in [6.07, 6.45) is 0.316. The van der Waals surface area contributed by atoms with Crippen molar-refractivity contribution >= 4 is 23.5 Å². The van der Waals surface area contributed by atoms with Crippen molar-refractivity contribution in [2.75, 3.05) is 5.32 Å². The van der Waals surface area contributed by atoms with Gasteiger partial charge in [-0.2, -0.15) is 0 Å². The van der Waals surface area contributed by atoms with Gasteiger partial charge in [0.25, 0.3) is 5.91 Å².